The van der Waals surface area contributed by atoms with Crippen LogP contribution in [0.3, 0.4) is 0 Å². The predicted molar refractivity (Wildman–Crippen MR) is 126 cm³/mol. The van der Waals surface area contributed by atoms with Gasteiger partial charge in [0.2, 0.25) is 0 Å². The Bertz CT molecular complexity index is 1310. The number of aliphatic hydroxyl groups excluding tert-OH is 1. The normalized spacial score (nSPS) is 23.7. The molecule has 1 saturated heterocycles. The molecule has 35 heavy (non-hydrogen) atoms. The lowest BCUT2D eigenvalue weighted by atomic mass is 9.97. The van der Waals surface area contributed by atoms with E-state index in [-0.39, 0.29) is 23.3 Å². The Labute approximate surface area is 201 Å². The van der Waals surface area contributed by atoms with E-state index in [1.807, 2.05) is 6.07 Å². The van der Waals surface area contributed by atoms with E-state index in [2.05, 4.69) is 20.2 Å². The lowest BCUT2D eigenvalue weighted by Crippen LogP contribution is -2.37. The van der Waals surface area contributed by atoms with Crippen molar-refractivity contribution in [1.29, 1.82) is 0 Å². The van der Waals surface area contributed by atoms with Gasteiger partial charge < -0.3 is 24.5 Å². The maximum Gasteiger partial charge on any atom is 0.251 e. The molecule has 0 saturated carbocycles. The number of ether oxygens (including phenoxy) is 2. The van der Waals surface area contributed by atoms with Gasteiger partial charge in [0.05, 0.1) is 41.3 Å². The molecule has 9 nitrogen and oxygen atoms in total. The van der Waals surface area contributed by atoms with Gasteiger partial charge in [0.15, 0.2) is 11.5 Å². The summed E-state index contributed by atoms with van der Waals surface area (Å²) >= 11 is 0. The first-order chi connectivity index (χ1) is 17.1. The molecule has 0 bridgehead atoms. The molecular weight excluding hydrogens is 453 g/mol. The SMILES string of the molecule is O=c1ccc2ncc(F)c3c2n1C(CN1C[C@H](CNCc2cc4c(cn2)OCCO4)[C@H](O)C1)CC3. The highest BCUT2D eigenvalue weighted by Crippen LogP contribution is 2.32. The van der Waals surface area contributed by atoms with Crippen molar-refractivity contribution in [3.8, 4) is 11.5 Å². The van der Waals surface area contributed by atoms with Crippen molar-refractivity contribution in [3.05, 3.63) is 58.0 Å². The van der Waals surface area contributed by atoms with Crippen LogP contribution < -0.4 is 20.3 Å². The summed E-state index contributed by atoms with van der Waals surface area (Å²) in [5.41, 5.74) is 2.54. The third-order valence-corrected chi connectivity index (χ3v) is 7.24. The van der Waals surface area contributed by atoms with Crippen molar-refractivity contribution >= 4 is 11.0 Å². The standard InChI is InChI=1S/C25H28FN5O4/c26-19-10-29-20-3-4-24(33)31-17(1-2-18(19)25(20)31)13-30-12-15(21(32)14-30)8-27-9-16-7-22-23(11-28-16)35-6-5-34-22/h3-4,7,10-11,15,17,21,27,32H,1-2,5-6,8-9,12-14H2/t15-,17?,21+/m0/s1. The van der Waals surface area contributed by atoms with Crippen LogP contribution in [-0.4, -0.2) is 70.0 Å². The second kappa shape index (κ2) is 9.18. The van der Waals surface area contributed by atoms with Crippen LogP contribution in [0.2, 0.25) is 0 Å². The summed E-state index contributed by atoms with van der Waals surface area (Å²) in [5, 5.41) is 14.1. The quantitative estimate of drug-likeness (QED) is 0.543. The molecule has 1 unspecified atom stereocenters. The lowest BCUT2D eigenvalue weighted by Gasteiger charge is -2.31. The molecule has 184 valence electrons. The predicted octanol–water partition coefficient (Wildman–Crippen LogP) is 1.27. The van der Waals surface area contributed by atoms with E-state index in [1.165, 1.54) is 12.3 Å². The minimum absolute atomic E-state index is 0.0645. The van der Waals surface area contributed by atoms with Crippen LogP contribution in [0.15, 0.2) is 35.4 Å². The maximum atomic E-state index is 14.4. The third kappa shape index (κ3) is 4.26. The fraction of sp³-hybridized carbons (Fsp3) is 0.480. The molecule has 6 rings (SSSR count). The van der Waals surface area contributed by atoms with E-state index in [4.69, 9.17) is 9.47 Å². The number of pyridine rings is 3. The number of rotatable bonds is 6. The number of likely N-dealkylation sites (tertiary alicyclic amines) is 1. The molecule has 0 aromatic carbocycles. The number of β-amino-alcohol motifs (C(OH)–C–C–N with tert-alkyl or cyclic N) is 1. The Balaban J connectivity index is 1.09. The van der Waals surface area contributed by atoms with Crippen molar-refractivity contribution in [2.24, 2.45) is 5.92 Å². The van der Waals surface area contributed by atoms with Gasteiger partial charge in [-0.05, 0) is 18.9 Å². The van der Waals surface area contributed by atoms with E-state index in [0.29, 0.717) is 80.3 Å². The molecular formula is C25H28FN5O4. The Morgan fingerprint density at radius 1 is 1.14 bits per heavy atom. The van der Waals surface area contributed by atoms with Crippen molar-refractivity contribution in [2.45, 2.75) is 31.5 Å². The van der Waals surface area contributed by atoms with Crippen LogP contribution in [0.1, 0.15) is 23.7 Å². The minimum Gasteiger partial charge on any atom is -0.486 e. The molecule has 3 aromatic heterocycles. The highest BCUT2D eigenvalue weighted by atomic mass is 19.1. The monoisotopic (exact) mass is 481 g/mol. The molecule has 3 aliphatic rings. The van der Waals surface area contributed by atoms with Crippen molar-refractivity contribution in [3.63, 3.8) is 0 Å². The van der Waals surface area contributed by atoms with Gasteiger partial charge in [0, 0.05) is 56.3 Å². The number of hydrogen-bond donors (Lipinski definition) is 2. The average molecular weight is 482 g/mol. The number of fused-ring (bicyclic) bond motifs is 1. The van der Waals surface area contributed by atoms with Gasteiger partial charge in [-0.1, -0.05) is 0 Å². The topological polar surface area (TPSA) is 102 Å². The second-order valence-corrected chi connectivity index (χ2v) is 9.55. The van der Waals surface area contributed by atoms with E-state index in [1.54, 1.807) is 16.8 Å². The van der Waals surface area contributed by atoms with Crippen molar-refractivity contribution in [2.75, 3.05) is 39.4 Å². The highest BCUT2D eigenvalue weighted by molar-refractivity contribution is 5.79. The van der Waals surface area contributed by atoms with Gasteiger partial charge in [-0.2, -0.15) is 0 Å². The number of nitrogens with zero attached hydrogens (tertiary/aromatic N) is 4. The van der Waals surface area contributed by atoms with E-state index in [9.17, 15) is 14.3 Å². The average Bonchev–Trinajstić information content (AvgIpc) is 3.21. The van der Waals surface area contributed by atoms with Crippen molar-refractivity contribution < 1.29 is 19.0 Å². The fourth-order valence-corrected chi connectivity index (χ4v) is 5.54. The Hall–Kier alpha value is -3.08. The summed E-state index contributed by atoms with van der Waals surface area (Å²) in [5.74, 6) is 1.09. The number of aliphatic hydroxyl groups is 1. The molecule has 2 N–H and O–H groups in total. The number of aryl methyl sites for hydroxylation is 1. The van der Waals surface area contributed by atoms with Gasteiger partial charge in [-0.3, -0.25) is 19.7 Å². The second-order valence-electron chi connectivity index (χ2n) is 9.55. The van der Waals surface area contributed by atoms with Crippen LogP contribution in [-0.2, 0) is 13.0 Å². The van der Waals surface area contributed by atoms with Gasteiger partial charge in [0.1, 0.15) is 19.0 Å². The zero-order chi connectivity index (χ0) is 23.9. The first-order valence-electron chi connectivity index (χ1n) is 12.1. The van der Waals surface area contributed by atoms with Gasteiger partial charge in [-0.25, -0.2) is 4.39 Å². The zero-order valence-electron chi connectivity index (χ0n) is 19.3. The van der Waals surface area contributed by atoms with Crippen LogP contribution in [0.25, 0.3) is 11.0 Å². The summed E-state index contributed by atoms with van der Waals surface area (Å²) in [7, 11) is 0. The van der Waals surface area contributed by atoms with E-state index in [0.717, 1.165) is 12.2 Å². The third-order valence-electron chi connectivity index (χ3n) is 7.24. The number of halogens is 1. The first kappa shape index (κ1) is 22.4. The molecule has 0 amide bonds. The maximum absolute atomic E-state index is 14.4. The Morgan fingerprint density at radius 2 is 2.00 bits per heavy atom. The molecule has 0 radical (unpaired) electrons. The summed E-state index contributed by atoms with van der Waals surface area (Å²) in [4.78, 5) is 23.5. The number of nitrogens with one attached hydrogen (secondary N) is 1. The fourth-order valence-electron chi connectivity index (χ4n) is 5.54. The summed E-state index contributed by atoms with van der Waals surface area (Å²) in [6.45, 7) is 4.18. The molecule has 3 atom stereocenters. The highest BCUT2D eigenvalue weighted by Gasteiger charge is 2.34. The first-order valence-corrected chi connectivity index (χ1v) is 12.1. The summed E-state index contributed by atoms with van der Waals surface area (Å²) < 4.78 is 27.2. The van der Waals surface area contributed by atoms with Crippen LogP contribution in [0.5, 0.6) is 11.5 Å². The van der Waals surface area contributed by atoms with Crippen LogP contribution >= 0.6 is 0 Å². The Morgan fingerprint density at radius 3 is 2.89 bits per heavy atom. The van der Waals surface area contributed by atoms with E-state index >= 15 is 0 Å². The molecule has 0 aliphatic carbocycles. The zero-order valence-corrected chi connectivity index (χ0v) is 19.3. The largest absolute Gasteiger partial charge is 0.486 e. The molecule has 3 aliphatic heterocycles. The number of aromatic nitrogens is 3. The Kier molecular flexibility index (Phi) is 5.87. The summed E-state index contributed by atoms with van der Waals surface area (Å²) in [6, 6.07) is 4.98. The smallest absolute Gasteiger partial charge is 0.251 e. The lowest BCUT2D eigenvalue weighted by molar-refractivity contribution is 0.138. The number of hydrogen-bond acceptors (Lipinski definition) is 8. The van der Waals surface area contributed by atoms with Crippen LogP contribution in [0.4, 0.5) is 4.39 Å². The van der Waals surface area contributed by atoms with Crippen LogP contribution in [0, 0.1) is 11.7 Å². The van der Waals surface area contributed by atoms with Gasteiger partial charge in [0.25, 0.3) is 5.56 Å². The van der Waals surface area contributed by atoms with Crippen molar-refractivity contribution in [1.82, 2.24) is 24.8 Å². The van der Waals surface area contributed by atoms with Gasteiger partial charge >= 0.3 is 0 Å². The van der Waals surface area contributed by atoms with E-state index < -0.39 is 6.10 Å². The molecule has 0 spiro atoms. The molecule has 10 heteroatoms. The molecule has 3 aromatic rings. The van der Waals surface area contributed by atoms with Gasteiger partial charge in [-0.15, -0.1) is 0 Å². The summed E-state index contributed by atoms with van der Waals surface area (Å²) in [6.07, 6.45) is 3.71. The molecule has 6 heterocycles. The molecule has 1 fully saturated rings. The minimum atomic E-state index is -0.460.